The number of fused-ring (bicyclic) bond motifs is 3. The number of piperidine rings is 3. The highest BCUT2D eigenvalue weighted by Gasteiger charge is 2.36. The average Bonchev–Trinajstić information content (AvgIpc) is 2.90. The number of esters is 1. The van der Waals surface area contributed by atoms with Crippen molar-refractivity contribution in [3.8, 4) is 5.75 Å². The number of benzene rings is 1. The molecule has 0 spiro atoms. The van der Waals surface area contributed by atoms with E-state index < -0.39 is 0 Å². The van der Waals surface area contributed by atoms with E-state index in [1.807, 2.05) is 6.92 Å². The molecule has 1 aromatic rings. The fourth-order valence-corrected chi connectivity index (χ4v) is 5.65. The number of ether oxygens (including phenoxy) is 3. The van der Waals surface area contributed by atoms with Crippen LogP contribution in [0.4, 0.5) is 5.69 Å². The van der Waals surface area contributed by atoms with Crippen LogP contribution in [0, 0.1) is 5.92 Å². The van der Waals surface area contributed by atoms with Crippen LogP contribution >= 0.6 is 11.6 Å². The summed E-state index contributed by atoms with van der Waals surface area (Å²) in [5, 5.41) is 3.26. The highest BCUT2D eigenvalue weighted by Crippen LogP contribution is 2.30. The molecule has 10 heteroatoms. The first-order valence-corrected chi connectivity index (χ1v) is 14.1. The van der Waals surface area contributed by atoms with E-state index in [9.17, 15) is 9.59 Å². The van der Waals surface area contributed by atoms with Crippen molar-refractivity contribution in [3.63, 3.8) is 0 Å². The Morgan fingerprint density at radius 1 is 1.16 bits per heavy atom. The Morgan fingerprint density at radius 2 is 1.97 bits per heavy atom. The Hall–Kier alpha value is -2.07. The van der Waals surface area contributed by atoms with E-state index in [1.165, 1.54) is 6.07 Å². The van der Waals surface area contributed by atoms with E-state index in [1.54, 1.807) is 6.07 Å². The van der Waals surface area contributed by atoms with E-state index in [2.05, 4.69) is 15.1 Å². The summed E-state index contributed by atoms with van der Waals surface area (Å²) in [6.07, 6.45) is 5.70. The van der Waals surface area contributed by atoms with Gasteiger partial charge in [0.1, 0.15) is 11.9 Å². The van der Waals surface area contributed by atoms with Crippen molar-refractivity contribution in [2.75, 3.05) is 64.8 Å². The molecule has 0 saturated carbocycles. The summed E-state index contributed by atoms with van der Waals surface area (Å²) in [5.41, 5.74) is 6.59. The number of nitrogens with two attached hydrogens (primary N) is 1. The van der Waals surface area contributed by atoms with Crippen molar-refractivity contribution in [1.82, 2.24) is 15.1 Å². The fourth-order valence-electron chi connectivity index (χ4n) is 5.48. The molecule has 4 aliphatic rings. The van der Waals surface area contributed by atoms with Crippen LogP contribution in [0.15, 0.2) is 12.1 Å². The van der Waals surface area contributed by atoms with Gasteiger partial charge < -0.3 is 25.3 Å². The largest absolute Gasteiger partial charge is 0.493 e. The van der Waals surface area contributed by atoms with Gasteiger partial charge in [0.15, 0.2) is 0 Å². The minimum atomic E-state index is -0.267. The predicted octanol–water partition coefficient (Wildman–Crippen LogP) is 2.95. The summed E-state index contributed by atoms with van der Waals surface area (Å²) in [5.74, 6) is 0.664. The molecular weight excluding hydrogens is 496 g/mol. The molecule has 4 aliphatic heterocycles. The maximum atomic E-state index is 12.8. The zero-order valence-electron chi connectivity index (χ0n) is 21.9. The summed E-state index contributed by atoms with van der Waals surface area (Å²) in [6, 6.07) is 3.12. The van der Waals surface area contributed by atoms with Crippen LogP contribution in [0.5, 0.6) is 5.75 Å². The van der Waals surface area contributed by atoms with Crippen molar-refractivity contribution in [1.29, 1.82) is 0 Å². The maximum Gasteiger partial charge on any atom is 0.306 e. The molecule has 2 bridgehead atoms. The Balaban J connectivity index is 1.12. The third-order valence-electron chi connectivity index (χ3n) is 7.59. The highest BCUT2D eigenvalue weighted by atomic mass is 35.5. The van der Waals surface area contributed by atoms with Crippen LogP contribution in [-0.2, 0) is 14.3 Å². The summed E-state index contributed by atoms with van der Waals surface area (Å²) < 4.78 is 17.2. The maximum absolute atomic E-state index is 12.8. The van der Waals surface area contributed by atoms with Crippen LogP contribution in [0.25, 0.3) is 0 Å². The molecule has 5 rings (SSSR count). The Kier molecular flexibility index (Phi) is 10.3. The lowest BCUT2D eigenvalue weighted by Crippen LogP contribution is -2.51. The van der Waals surface area contributed by atoms with Gasteiger partial charge in [0.05, 0.1) is 35.6 Å². The lowest BCUT2D eigenvalue weighted by atomic mass is 9.86. The number of hydrogen-bond acceptors (Lipinski definition) is 8. The first-order valence-electron chi connectivity index (χ1n) is 13.7. The zero-order chi connectivity index (χ0) is 26.2. The van der Waals surface area contributed by atoms with Crippen molar-refractivity contribution in [2.45, 2.75) is 57.7 Å². The number of halogens is 1. The summed E-state index contributed by atoms with van der Waals surface area (Å²) in [7, 11) is 0. The van der Waals surface area contributed by atoms with Crippen LogP contribution in [-0.4, -0.2) is 92.9 Å². The molecule has 9 nitrogen and oxygen atoms in total. The minimum absolute atomic E-state index is 0.0455. The molecule has 4 heterocycles. The standard InChI is InChI=1S/C27H41ClN4O5/c1-2-35-24-15-23(29)22(28)14-21(24)27(34)30-16-20-17-31(12-13-36-20)9-5-3-4-6-26(33)37-25-18-32-10-7-19(25)8-11-32/h14-15,19-20,25H,2-13,16-18,29H2,1H3,(H,30,34)/t20-,25-/m0/s1. The monoisotopic (exact) mass is 536 g/mol. The number of morpholine rings is 1. The molecule has 0 aliphatic carbocycles. The van der Waals surface area contributed by atoms with E-state index >= 15 is 0 Å². The topological polar surface area (TPSA) is 106 Å². The van der Waals surface area contributed by atoms with Gasteiger partial charge in [0, 0.05) is 38.7 Å². The summed E-state index contributed by atoms with van der Waals surface area (Å²) in [4.78, 5) is 29.9. The Labute approximate surface area is 224 Å². The third kappa shape index (κ3) is 7.96. The van der Waals surface area contributed by atoms with Crippen molar-refractivity contribution < 1.29 is 23.8 Å². The molecule has 0 unspecified atom stereocenters. The molecule has 2 atom stereocenters. The van der Waals surface area contributed by atoms with E-state index in [4.69, 9.17) is 31.5 Å². The number of unbranched alkanes of at least 4 members (excludes halogenated alkanes) is 2. The van der Waals surface area contributed by atoms with Crippen LogP contribution in [0.2, 0.25) is 5.02 Å². The van der Waals surface area contributed by atoms with E-state index in [-0.39, 0.29) is 24.1 Å². The van der Waals surface area contributed by atoms with E-state index in [0.717, 1.165) is 71.4 Å². The number of anilines is 1. The lowest BCUT2D eigenvalue weighted by Gasteiger charge is -2.43. The van der Waals surface area contributed by atoms with Gasteiger partial charge in [-0.1, -0.05) is 18.0 Å². The van der Waals surface area contributed by atoms with Crippen LogP contribution in [0.3, 0.4) is 0 Å². The number of hydrogen-bond donors (Lipinski definition) is 2. The third-order valence-corrected chi connectivity index (χ3v) is 7.92. The quantitative estimate of drug-likeness (QED) is 0.238. The van der Waals surface area contributed by atoms with Gasteiger partial charge in [-0.3, -0.25) is 19.4 Å². The van der Waals surface area contributed by atoms with Crippen molar-refractivity contribution >= 4 is 29.2 Å². The number of carbonyl (C=O) groups is 2. The molecule has 0 aromatic heterocycles. The van der Waals surface area contributed by atoms with Crippen LogP contribution < -0.4 is 15.8 Å². The number of amides is 1. The molecular formula is C27H41ClN4O5. The van der Waals surface area contributed by atoms with Gasteiger partial charge in [0.25, 0.3) is 5.91 Å². The number of nitrogen functional groups attached to an aromatic ring is 1. The Bertz CT molecular complexity index is 924. The first-order chi connectivity index (χ1) is 17.9. The van der Waals surface area contributed by atoms with Gasteiger partial charge in [-0.15, -0.1) is 0 Å². The van der Waals surface area contributed by atoms with Gasteiger partial charge in [-0.05, 0) is 64.2 Å². The molecule has 206 valence electrons. The first kappa shape index (κ1) is 28.0. The second kappa shape index (κ2) is 13.6. The molecule has 37 heavy (non-hydrogen) atoms. The average molecular weight is 537 g/mol. The van der Waals surface area contributed by atoms with Gasteiger partial charge in [-0.2, -0.15) is 0 Å². The fraction of sp³-hybridized carbons (Fsp3) is 0.704. The minimum Gasteiger partial charge on any atom is -0.493 e. The number of rotatable bonds is 12. The SMILES string of the molecule is CCOc1cc(N)c(Cl)cc1C(=O)NC[C@H]1CN(CCCCCC(=O)O[C@H]2CN3CCC2CC3)CCO1. The molecule has 1 amide bonds. The normalized spacial score (nSPS) is 25.6. The van der Waals surface area contributed by atoms with Gasteiger partial charge >= 0.3 is 5.97 Å². The Morgan fingerprint density at radius 3 is 2.70 bits per heavy atom. The molecule has 3 N–H and O–H groups in total. The zero-order valence-corrected chi connectivity index (χ0v) is 22.6. The number of nitrogens with one attached hydrogen (secondary N) is 1. The lowest BCUT2D eigenvalue weighted by molar-refractivity contribution is -0.158. The highest BCUT2D eigenvalue weighted by molar-refractivity contribution is 6.33. The van der Waals surface area contributed by atoms with E-state index in [0.29, 0.717) is 54.1 Å². The van der Waals surface area contributed by atoms with Crippen LogP contribution in [0.1, 0.15) is 55.8 Å². The van der Waals surface area contributed by atoms with Gasteiger partial charge in [-0.25, -0.2) is 0 Å². The number of carbonyl (C=O) groups excluding carboxylic acids is 2. The molecule has 4 saturated heterocycles. The number of nitrogens with zero attached hydrogens (tertiary/aromatic N) is 2. The predicted molar refractivity (Wildman–Crippen MR) is 143 cm³/mol. The molecule has 0 radical (unpaired) electrons. The molecule has 4 fully saturated rings. The van der Waals surface area contributed by atoms with Crippen molar-refractivity contribution in [2.24, 2.45) is 5.92 Å². The second-order valence-corrected chi connectivity index (χ2v) is 10.7. The van der Waals surface area contributed by atoms with Crippen molar-refractivity contribution in [3.05, 3.63) is 22.7 Å². The summed E-state index contributed by atoms with van der Waals surface area (Å²) >= 11 is 6.12. The summed E-state index contributed by atoms with van der Waals surface area (Å²) in [6.45, 7) is 9.08. The molecule has 1 aromatic carbocycles. The smallest absolute Gasteiger partial charge is 0.306 e. The van der Waals surface area contributed by atoms with Gasteiger partial charge in [0.2, 0.25) is 0 Å². The second-order valence-electron chi connectivity index (χ2n) is 10.3.